The lowest BCUT2D eigenvalue weighted by atomic mass is 10.2. The first-order chi connectivity index (χ1) is 4.75. The number of rotatable bonds is 1. The monoisotopic (exact) mass is 192 g/mol. The van der Waals surface area contributed by atoms with Crippen LogP contribution in [0, 0.1) is 0 Å². The van der Waals surface area contributed by atoms with E-state index in [2.05, 4.69) is 4.98 Å². The van der Waals surface area contributed by atoms with Gasteiger partial charge in [0.1, 0.15) is 0 Å². The van der Waals surface area contributed by atoms with E-state index in [0.29, 0.717) is 11.8 Å². The van der Waals surface area contributed by atoms with Crippen LogP contribution in [0.5, 0.6) is 0 Å². The minimum atomic E-state index is 0. The third kappa shape index (κ3) is 2.06. The highest BCUT2D eigenvalue weighted by Crippen LogP contribution is 2.17. The molecular formula is C6H6Cl2N2O. The van der Waals surface area contributed by atoms with Crippen molar-refractivity contribution in [3.05, 3.63) is 23.0 Å². The molecule has 0 bridgehead atoms. The number of nitrogens with two attached hydrogens (primary N) is 1. The van der Waals surface area contributed by atoms with Crippen molar-refractivity contribution in [1.29, 1.82) is 0 Å². The predicted molar refractivity (Wildman–Crippen MR) is 46.3 cm³/mol. The Balaban J connectivity index is 0.000001000. The van der Waals surface area contributed by atoms with Crippen LogP contribution in [-0.4, -0.2) is 11.3 Å². The van der Waals surface area contributed by atoms with Gasteiger partial charge in [0.15, 0.2) is 11.4 Å². The van der Waals surface area contributed by atoms with Crippen molar-refractivity contribution in [3.8, 4) is 0 Å². The maximum atomic E-state index is 10.2. The zero-order chi connectivity index (χ0) is 7.56. The van der Waals surface area contributed by atoms with Crippen LogP contribution < -0.4 is 5.73 Å². The SMILES string of the molecule is Cl.Nc1c(C=O)ccnc1Cl. The number of nitrogen functional groups attached to an aromatic ring is 1. The number of aromatic nitrogens is 1. The number of halogens is 2. The first-order valence-corrected chi connectivity index (χ1v) is 2.98. The number of hydrogen-bond acceptors (Lipinski definition) is 3. The second-order valence-electron chi connectivity index (χ2n) is 1.72. The molecule has 0 aliphatic rings. The Morgan fingerprint density at radius 1 is 1.64 bits per heavy atom. The van der Waals surface area contributed by atoms with Crippen LogP contribution >= 0.6 is 24.0 Å². The van der Waals surface area contributed by atoms with Gasteiger partial charge in [-0.25, -0.2) is 4.98 Å². The molecule has 5 heteroatoms. The molecule has 2 N–H and O–H groups in total. The molecule has 0 atom stereocenters. The summed E-state index contributed by atoms with van der Waals surface area (Å²) >= 11 is 5.50. The van der Waals surface area contributed by atoms with Crippen LogP contribution in [0.1, 0.15) is 10.4 Å². The zero-order valence-electron chi connectivity index (χ0n) is 5.45. The number of anilines is 1. The Morgan fingerprint density at radius 3 is 2.73 bits per heavy atom. The lowest BCUT2D eigenvalue weighted by Crippen LogP contribution is -1.94. The summed E-state index contributed by atoms with van der Waals surface area (Å²) in [5, 5.41) is 0.171. The van der Waals surface area contributed by atoms with Gasteiger partial charge in [-0.3, -0.25) is 4.79 Å². The Morgan fingerprint density at radius 2 is 2.27 bits per heavy atom. The van der Waals surface area contributed by atoms with Crippen LogP contribution in [0.4, 0.5) is 5.69 Å². The molecule has 60 valence electrons. The second-order valence-corrected chi connectivity index (χ2v) is 2.08. The molecule has 0 aromatic carbocycles. The van der Waals surface area contributed by atoms with Gasteiger partial charge >= 0.3 is 0 Å². The number of hydrogen-bond donors (Lipinski definition) is 1. The molecule has 0 fully saturated rings. The molecule has 0 amide bonds. The topological polar surface area (TPSA) is 56.0 Å². The summed E-state index contributed by atoms with van der Waals surface area (Å²) in [6.45, 7) is 0. The smallest absolute Gasteiger partial charge is 0.152 e. The molecule has 3 nitrogen and oxygen atoms in total. The molecule has 0 saturated carbocycles. The summed E-state index contributed by atoms with van der Waals surface area (Å²) < 4.78 is 0. The molecule has 0 saturated heterocycles. The van der Waals surface area contributed by atoms with E-state index in [4.69, 9.17) is 17.3 Å². The number of aldehydes is 1. The second kappa shape index (κ2) is 4.16. The predicted octanol–water partition coefficient (Wildman–Crippen LogP) is 1.55. The molecule has 0 unspecified atom stereocenters. The maximum Gasteiger partial charge on any atom is 0.152 e. The van der Waals surface area contributed by atoms with E-state index >= 15 is 0 Å². The lowest BCUT2D eigenvalue weighted by Gasteiger charge is -1.96. The Labute approximate surface area is 75.0 Å². The molecule has 1 aromatic rings. The Bertz CT molecular complexity index is 265. The van der Waals surface area contributed by atoms with Crippen LogP contribution in [0.25, 0.3) is 0 Å². The number of carbonyl (C=O) groups is 1. The van der Waals surface area contributed by atoms with Crippen molar-refractivity contribution in [3.63, 3.8) is 0 Å². The van der Waals surface area contributed by atoms with Crippen molar-refractivity contribution >= 4 is 36.0 Å². The average Bonchev–Trinajstić information content (AvgIpc) is 1.95. The van der Waals surface area contributed by atoms with E-state index < -0.39 is 0 Å². The van der Waals surface area contributed by atoms with Gasteiger partial charge in [0.05, 0.1) is 5.69 Å². The Hall–Kier alpha value is -0.800. The largest absolute Gasteiger partial charge is 0.396 e. The van der Waals surface area contributed by atoms with Crippen molar-refractivity contribution in [1.82, 2.24) is 4.98 Å². The molecule has 0 aliphatic carbocycles. The highest BCUT2D eigenvalue weighted by atomic mass is 35.5. The molecule has 1 rings (SSSR count). The third-order valence-electron chi connectivity index (χ3n) is 1.10. The normalized spacial score (nSPS) is 8.45. The summed E-state index contributed by atoms with van der Waals surface area (Å²) in [7, 11) is 0. The van der Waals surface area contributed by atoms with Crippen LogP contribution in [0.15, 0.2) is 12.3 Å². The molecule has 0 radical (unpaired) electrons. The van der Waals surface area contributed by atoms with Crippen LogP contribution in [0.2, 0.25) is 5.15 Å². The fourth-order valence-corrected chi connectivity index (χ4v) is 0.730. The van der Waals surface area contributed by atoms with Crippen LogP contribution in [0.3, 0.4) is 0 Å². The summed E-state index contributed by atoms with van der Waals surface area (Å²) in [4.78, 5) is 13.9. The van der Waals surface area contributed by atoms with Crippen molar-refractivity contribution < 1.29 is 4.79 Å². The van der Waals surface area contributed by atoms with Gasteiger partial charge in [0, 0.05) is 11.8 Å². The minimum absolute atomic E-state index is 0. The maximum absolute atomic E-state index is 10.2. The number of carbonyl (C=O) groups excluding carboxylic acids is 1. The highest BCUT2D eigenvalue weighted by Gasteiger charge is 2.00. The van der Waals surface area contributed by atoms with E-state index in [0.717, 1.165) is 0 Å². The summed E-state index contributed by atoms with van der Waals surface area (Å²) in [6.07, 6.45) is 2.07. The van der Waals surface area contributed by atoms with E-state index in [-0.39, 0.29) is 23.2 Å². The number of nitrogens with zero attached hydrogens (tertiary/aromatic N) is 1. The molecule has 11 heavy (non-hydrogen) atoms. The van der Waals surface area contributed by atoms with Crippen molar-refractivity contribution in [2.24, 2.45) is 0 Å². The van der Waals surface area contributed by atoms with Gasteiger partial charge in [-0.1, -0.05) is 11.6 Å². The summed E-state index contributed by atoms with van der Waals surface area (Å²) in [5.74, 6) is 0. The highest BCUT2D eigenvalue weighted by molar-refractivity contribution is 6.32. The van der Waals surface area contributed by atoms with Gasteiger partial charge in [-0.2, -0.15) is 0 Å². The fraction of sp³-hybridized carbons (Fsp3) is 0. The standard InChI is InChI=1S/C6H5ClN2O.ClH/c7-6-5(8)4(3-10)1-2-9-6;/h1-3H,8H2;1H. The quantitative estimate of drug-likeness (QED) is 0.543. The van der Waals surface area contributed by atoms with E-state index in [1.165, 1.54) is 12.3 Å². The van der Waals surface area contributed by atoms with Gasteiger partial charge in [0.25, 0.3) is 0 Å². The first-order valence-electron chi connectivity index (χ1n) is 2.61. The zero-order valence-corrected chi connectivity index (χ0v) is 7.02. The Kier molecular flexibility index (Phi) is 3.85. The molecule has 0 aliphatic heterocycles. The van der Waals surface area contributed by atoms with Crippen molar-refractivity contribution in [2.75, 3.05) is 5.73 Å². The van der Waals surface area contributed by atoms with E-state index in [9.17, 15) is 4.79 Å². The van der Waals surface area contributed by atoms with Gasteiger partial charge in [0.2, 0.25) is 0 Å². The van der Waals surface area contributed by atoms with E-state index in [1.54, 1.807) is 0 Å². The summed E-state index contributed by atoms with van der Waals surface area (Å²) in [5.41, 5.74) is 5.98. The van der Waals surface area contributed by atoms with Crippen molar-refractivity contribution in [2.45, 2.75) is 0 Å². The first kappa shape index (κ1) is 10.2. The van der Waals surface area contributed by atoms with Crippen LogP contribution in [-0.2, 0) is 0 Å². The third-order valence-corrected chi connectivity index (χ3v) is 1.40. The molecular weight excluding hydrogens is 187 g/mol. The molecule has 1 heterocycles. The van der Waals surface area contributed by atoms with Gasteiger partial charge in [-0.05, 0) is 6.07 Å². The summed E-state index contributed by atoms with van der Waals surface area (Å²) in [6, 6.07) is 1.51. The lowest BCUT2D eigenvalue weighted by molar-refractivity contribution is 0.112. The fourth-order valence-electron chi connectivity index (χ4n) is 0.564. The van der Waals surface area contributed by atoms with Gasteiger partial charge in [-0.15, -0.1) is 12.4 Å². The molecule has 1 aromatic heterocycles. The average molecular weight is 193 g/mol. The molecule has 0 spiro atoms. The number of pyridine rings is 1. The van der Waals surface area contributed by atoms with E-state index in [1.807, 2.05) is 0 Å². The minimum Gasteiger partial charge on any atom is -0.396 e. The van der Waals surface area contributed by atoms with Gasteiger partial charge < -0.3 is 5.73 Å².